The Kier molecular flexibility index (Phi) is 4.50. The van der Waals surface area contributed by atoms with Crippen molar-refractivity contribution in [3.8, 4) is 5.75 Å². The Balaban J connectivity index is 1.51. The summed E-state index contributed by atoms with van der Waals surface area (Å²) in [7, 11) is 0. The number of fused-ring (bicyclic) bond motifs is 2. The number of hydrogen-bond acceptors (Lipinski definition) is 3. The van der Waals surface area contributed by atoms with Gasteiger partial charge in [-0.25, -0.2) is 0 Å². The zero-order valence-corrected chi connectivity index (χ0v) is 15.0. The van der Waals surface area contributed by atoms with E-state index in [1.165, 1.54) is 6.92 Å². The van der Waals surface area contributed by atoms with Gasteiger partial charge in [0.25, 0.3) is 5.91 Å². The number of benzene rings is 3. The lowest BCUT2D eigenvalue weighted by Crippen LogP contribution is -2.38. The van der Waals surface area contributed by atoms with Crippen LogP contribution in [0.25, 0.3) is 10.8 Å². The molecular weight excluding hydrogens is 340 g/mol. The fourth-order valence-corrected chi connectivity index (χ4v) is 3.53. The lowest BCUT2D eigenvalue weighted by atomic mass is 10.1. The molecule has 0 aromatic heterocycles. The smallest absolute Gasteiger partial charge is 0.254 e. The molecule has 0 spiro atoms. The van der Waals surface area contributed by atoms with Crippen LogP contribution in [0.1, 0.15) is 18.5 Å². The number of nitrogens with one attached hydrogen (secondary N) is 1. The predicted octanol–water partition coefficient (Wildman–Crippen LogP) is 3.44. The molecule has 0 aliphatic carbocycles. The number of ether oxygens (including phenoxy) is 1. The van der Waals surface area contributed by atoms with Gasteiger partial charge in [-0.05, 0) is 17.5 Å². The van der Waals surface area contributed by atoms with Gasteiger partial charge in [0.1, 0.15) is 18.4 Å². The number of rotatable bonds is 5. The Labute approximate surface area is 157 Å². The summed E-state index contributed by atoms with van der Waals surface area (Å²) in [6.07, 6.45) is 0. The van der Waals surface area contributed by atoms with Gasteiger partial charge in [0.2, 0.25) is 5.91 Å². The van der Waals surface area contributed by atoms with Crippen molar-refractivity contribution in [1.82, 2.24) is 5.32 Å². The molecule has 0 unspecified atom stereocenters. The molecule has 5 heteroatoms. The second-order valence-corrected chi connectivity index (χ2v) is 6.51. The van der Waals surface area contributed by atoms with Gasteiger partial charge in [-0.1, -0.05) is 54.6 Å². The zero-order valence-electron chi connectivity index (χ0n) is 15.0. The van der Waals surface area contributed by atoms with Crippen LogP contribution < -0.4 is 15.0 Å². The molecule has 0 bridgehead atoms. The summed E-state index contributed by atoms with van der Waals surface area (Å²) < 4.78 is 5.98. The van der Waals surface area contributed by atoms with Crippen LogP contribution in [0.3, 0.4) is 0 Å². The van der Waals surface area contributed by atoms with Crippen molar-refractivity contribution >= 4 is 28.3 Å². The number of para-hydroxylation sites is 1. The Morgan fingerprint density at radius 2 is 1.78 bits per heavy atom. The van der Waals surface area contributed by atoms with E-state index in [0.29, 0.717) is 13.2 Å². The average Bonchev–Trinajstić information content (AvgIpc) is 2.94. The maximum Gasteiger partial charge on any atom is 0.254 e. The fraction of sp³-hybridized carbons (Fsp3) is 0.182. The number of amides is 2. The number of hydrogen-bond donors (Lipinski definition) is 1. The highest BCUT2D eigenvalue weighted by molar-refractivity contribution is 6.06. The number of carbonyl (C=O) groups is 2. The highest BCUT2D eigenvalue weighted by Crippen LogP contribution is 2.35. The van der Waals surface area contributed by atoms with Gasteiger partial charge in [-0.3, -0.25) is 9.59 Å². The Morgan fingerprint density at radius 1 is 1.04 bits per heavy atom. The maximum atomic E-state index is 12.8. The maximum absolute atomic E-state index is 12.8. The Morgan fingerprint density at radius 3 is 2.63 bits per heavy atom. The average molecular weight is 360 g/mol. The van der Waals surface area contributed by atoms with E-state index in [9.17, 15) is 9.59 Å². The molecule has 1 N–H and O–H groups in total. The highest BCUT2D eigenvalue weighted by atomic mass is 16.5. The molecule has 136 valence electrons. The van der Waals surface area contributed by atoms with Crippen LogP contribution in [0.4, 0.5) is 5.69 Å². The summed E-state index contributed by atoms with van der Waals surface area (Å²) in [5.41, 5.74) is 1.64. The zero-order chi connectivity index (χ0) is 18.8. The third-order valence-electron chi connectivity index (χ3n) is 4.72. The molecule has 1 aliphatic rings. The van der Waals surface area contributed by atoms with E-state index in [1.54, 1.807) is 4.90 Å². The third-order valence-corrected chi connectivity index (χ3v) is 4.72. The molecule has 5 nitrogen and oxygen atoms in total. The van der Waals surface area contributed by atoms with Gasteiger partial charge < -0.3 is 15.0 Å². The summed E-state index contributed by atoms with van der Waals surface area (Å²) in [6.45, 7) is 2.19. The molecule has 2 amide bonds. The van der Waals surface area contributed by atoms with Crippen molar-refractivity contribution in [3.63, 3.8) is 0 Å². The molecule has 1 atom stereocenters. The van der Waals surface area contributed by atoms with E-state index < -0.39 is 6.04 Å². The minimum atomic E-state index is -0.628. The molecule has 0 fully saturated rings. The summed E-state index contributed by atoms with van der Waals surface area (Å²) in [4.78, 5) is 26.0. The van der Waals surface area contributed by atoms with Crippen molar-refractivity contribution in [2.45, 2.75) is 13.0 Å². The molecule has 0 saturated carbocycles. The molecule has 3 aromatic carbocycles. The van der Waals surface area contributed by atoms with Gasteiger partial charge in [0.15, 0.2) is 0 Å². The standard InChI is InChI=1S/C22H20N2O3/c1-15(25)23-21-18-10-4-5-11-19(18)24(22(21)26)13-14-27-20-12-6-8-16-7-2-3-9-17(16)20/h2-12,21H,13-14H2,1H3,(H,23,25)/t21-/m1/s1. The van der Waals surface area contributed by atoms with Crippen LogP contribution in [0.5, 0.6) is 5.75 Å². The van der Waals surface area contributed by atoms with Gasteiger partial charge in [0, 0.05) is 23.6 Å². The van der Waals surface area contributed by atoms with Crippen molar-refractivity contribution in [3.05, 3.63) is 72.3 Å². The Hall–Kier alpha value is -3.34. The monoisotopic (exact) mass is 360 g/mol. The molecule has 0 saturated heterocycles. The first kappa shape index (κ1) is 17.1. The molecule has 27 heavy (non-hydrogen) atoms. The summed E-state index contributed by atoms with van der Waals surface area (Å²) in [5.74, 6) is 0.441. The van der Waals surface area contributed by atoms with Crippen LogP contribution in [-0.2, 0) is 9.59 Å². The molecule has 1 aliphatic heterocycles. The normalized spacial score (nSPS) is 15.7. The largest absolute Gasteiger partial charge is 0.491 e. The first-order valence-electron chi connectivity index (χ1n) is 8.93. The second kappa shape index (κ2) is 7.11. The van der Waals surface area contributed by atoms with E-state index in [2.05, 4.69) is 5.32 Å². The third kappa shape index (κ3) is 3.24. The fourth-order valence-electron chi connectivity index (χ4n) is 3.53. The summed E-state index contributed by atoms with van der Waals surface area (Å²) in [6, 6.07) is 20.9. The van der Waals surface area contributed by atoms with E-state index in [4.69, 9.17) is 4.74 Å². The molecule has 4 rings (SSSR count). The lowest BCUT2D eigenvalue weighted by Gasteiger charge is -2.19. The minimum Gasteiger partial charge on any atom is -0.491 e. The quantitative estimate of drug-likeness (QED) is 0.758. The SMILES string of the molecule is CC(=O)N[C@H]1C(=O)N(CCOc2cccc3ccccc23)c2ccccc21. The van der Waals surface area contributed by atoms with Crippen LogP contribution in [0.15, 0.2) is 66.7 Å². The summed E-state index contributed by atoms with van der Waals surface area (Å²) >= 11 is 0. The van der Waals surface area contributed by atoms with Crippen molar-refractivity contribution in [2.24, 2.45) is 0 Å². The first-order chi connectivity index (χ1) is 13.1. The van der Waals surface area contributed by atoms with Crippen LogP contribution in [-0.4, -0.2) is 25.0 Å². The first-order valence-corrected chi connectivity index (χ1v) is 8.93. The van der Waals surface area contributed by atoms with Crippen molar-refractivity contribution in [1.29, 1.82) is 0 Å². The van der Waals surface area contributed by atoms with Crippen molar-refractivity contribution < 1.29 is 14.3 Å². The van der Waals surface area contributed by atoms with E-state index >= 15 is 0 Å². The van der Waals surface area contributed by atoms with Crippen LogP contribution in [0, 0.1) is 0 Å². The van der Waals surface area contributed by atoms with Gasteiger partial charge in [-0.15, -0.1) is 0 Å². The number of carbonyl (C=O) groups excluding carboxylic acids is 2. The Bertz CT molecular complexity index is 1010. The van der Waals surface area contributed by atoms with Crippen molar-refractivity contribution in [2.75, 3.05) is 18.1 Å². The van der Waals surface area contributed by atoms with E-state index in [-0.39, 0.29) is 11.8 Å². The summed E-state index contributed by atoms with van der Waals surface area (Å²) in [5, 5.41) is 4.90. The van der Waals surface area contributed by atoms with Gasteiger partial charge in [-0.2, -0.15) is 0 Å². The van der Waals surface area contributed by atoms with Crippen LogP contribution >= 0.6 is 0 Å². The van der Waals surface area contributed by atoms with Crippen LogP contribution in [0.2, 0.25) is 0 Å². The topological polar surface area (TPSA) is 58.6 Å². The predicted molar refractivity (Wildman–Crippen MR) is 105 cm³/mol. The lowest BCUT2D eigenvalue weighted by molar-refractivity contribution is -0.126. The number of nitrogens with zero attached hydrogens (tertiary/aromatic N) is 1. The molecule has 1 heterocycles. The van der Waals surface area contributed by atoms with E-state index in [0.717, 1.165) is 27.8 Å². The highest BCUT2D eigenvalue weighted by Gasteiger charge is 2.37. The molecule has 0 radical (unpaired) electrons. The second-order valence-electron chi connectivity index (χ2n) is 6.51. The van der Waals surface area contributed by atoms with E-state index in [1.807, 2.05) is 66.7 Å². The van der Waals surface area contributed by atoms with Gasteiger partial charge >= 0.3 is 0 Å². The number of anilines is 1. The molecule has 3 aromatic rings. The minimum absolute atomic E-state index is 0.132. The van der Waals surface area contributed by atoms with Gasteiger partial charge in [0.05, 0.1) is 6.54 Å². The molecular formula is C22H20N2O3.